The van der Waals surface area contributed by atoms with E-state index in [1.54, 1.807) is 42.6 Å². The lowest BCUT2D eigenvalue weighted by Gasteiger charge is -2.09. The van der Waals surface area contributed by atoms with Gasteiger partial charge in [0.2, 0.25) is 0 Å². The Balaban J connectivity index is 1.72. The van der Waals surface area contributed by atoms with Crippen molar-refractivity contribution in [2.45, 2.75) is 44.6 Å². The predicted molar refractivity (Wildman–Crippen MR) is 133 cm³/mol. The van der Waals surface area contributed by atoms with Gasteiger partial charge in [0.15, 0.2) is 0 Å². The van der Waals surface area contributed by atoms with E-state index in [4.69, 9.17) is 16.7 Å². The van der Waals surface area contributed by atoms with Gasteiger partial charge >= 0.3 is 5.97 Å². The standard InChI is InChI=1S/C25H26ClN3O4S/c1-17(2)10-11-28-15-20(14-27-28)18-4-3-5-22(12-18)34(32,33)29-16-19(6-9-25(30)31)23-13-21(26)7-8-24(23)29/h3-5,7-8,12-17H,6,9-11H2,1-2H3,(H,30,31). The van der Waals surface area contributed by atoms with Gasteiger partial charge in [-0.2, -0.15) is 5.10 Å². The molecule has 2 aromatic heterocycles. The van der Waals surface area contributed by atoms with E-state index < -0.39 is 16.0 Å². The van der Waals surface area contributed by atoms with E-state index in [9.17, 15) is 13.2 Å². The first-order valence-corrected chi connectivity index (χ1v) is 12.9. The number of nitrogens with zero attached hydrogens (tertiary/aromatic N) is 3. The molecular formula is C25H26ClN3O4S. The maximum atomic E-state index is 13.6. The van der Waals surface area contributed by atoms with Gasteiger partial charge in [-0.25, -0.2) is 12.4 Å². The quantitative estimate of drug-likeness (QED) is 0.330. The number of rotatable bonds is 9. The number of carboxylic acid groups (broad SMARTS) is 1. The van der Waals surface area contributed by atoms with Gasteiger partial charge in [-0.1, -0.05) is 37.6 Å². The second-order valence-corrected chi connectivity index (χ2v) is 11.0. The van der Waals surface area contributed by atoms with Gasteiger partial charge < -0.3 is 5.11 Å². The molecule has 2 aromatic carbocycles. The number of aromatic nitrogens is 3. The normalized spacial score (nSPS) is 12.0. The second-order valence-electron chi connectivity index (χ2n) is 8.71. The SMILES string of the molecule is CC(C)CCn1cc(-c2cccc(S(=O)(=O)n3cc(CCC(=O)O)c4cc(Cl)ccc43)c2)cn1. The van der Waals surface area contributed by atoms with E-state index in [2.05, 4.69) is 18.9 Å². The molecule has 0 fully saturated rings. The molecule has 9 heteroatoms. The summed E-state index contributed by atoms with van der Waals surface area (Å²) in [6, 6.07) is 11.7. The van der Waals surface area contributed by atoms with Crippen LogP contribution in [-0.4, -0.2) is 33.2 Å². The molecule has 4 rings (SSSR count). The van der Waals surface area contributed by atoms with Gasteiger partial charge in [0.05, 0.1) is 16.6 Å². The first-order valence-electron chi connectivity index (χ1n) is 11.0. The summed E-state index contributed by atoms with van der Waals surface area (Å²) in [5.74, 6) is -0.389. The van der Waals surface area contributed by atoms with E-state index in [-0.39, 0.29) is 17.7 Å². The number of hydrogen-bond acceptors (Lipinski definition) is 4. The molecule has 0 saturated heterocycles. The highest BCUT2D eigenvalue weighted by atomic mass is 35.5. The Hall–Kier alpha value is -3.10. The molecule has 0 aliphatic carbocycles. The number of benzene rings is 2. The lowest BCUT2D eigenvalue weighted by Crippen LogP contribution is -2.12. The van der Waals surface area contributed by atoms with Gasteiger partial charge in [-0.3, -0.25) is 9.48 Å². The van der Waals surface area contributed by atoms with Crippen molar-refractivity contribution in [3.05, 3.63) is 71.6 Å². The van der Waals surface area contributed by atoms with Crippen LogP contribution in [0.3, 0.4) is 0 Å². The fraction of sp³-hybridized carbons (Fsp3) is 0.280. The highest BCUT2D eigenvalue weighted by molar-refractivity contribution is 7.90. The molecule has 0 amide bonds. The number of aliphatic carboxylic acids is 1. The zero-order chi connectivity index (χ0) is 24.5. The van der Waals surface area contributed by atoms with E-state index in [1.165, 1.54) is 10.2 Å². The van der Waals surface area contributed by atoms with E-state index in [0.29, 0.717) is 27.4 Å². The fourth-order valence-corrected chi connectivity index (χ4v) is 5.46. The number of hydrogen-bond donors (Lipinski definition) is 1. The average Bonchev–Trinajstić information content (AvgIpc) is 3.41. The third-order valence-corrected chi connectivity index (χ3v) is 7.62. The van der Waals surface area contributed by atoms with E-state index in [1.807, 2.05) is 16.9 Å². The molecule has 0 bridgehead atoms. The summed E-state index contributed by atoms with van der Waals surface area (Å²) >= 11 is 6.14. The molecule has 0 aliphatic heterocycles. The summed E-state index contributed by atoms with van der Waals surface area (Å²) in [5.41, 5.74) is 2.66. The molecule has 0 aliphatic rings. The van der Waals surface area contributed by atoms with Crippen molar-refractivity contribution in [2.24, 2.45) is 5.92 Å². The maximum Gasteiger partial charge on any atom is 0.303 e. The topological polar surface area (TPSA) is 94.2 Å². The Morgan fingerprint density at radius 1 is 1.12 bits per heavy atom. The zero-order valence-corrected chi connectivity index (χ0v) is 20.6. The van der Waals surface area contributed by atoms with Crippen molar-refractivity contribution < 1.29 is 18.3 Å². The minimum absolute atomic E-state index is 0.109. The molecule has 0 radical (unpaired) electrons. The predicted octanol–water partition coefficient (Wildman–Crippen LogP) is 5.46. The van der Waals surface area contributed by atoms with E-state index in [0.717, 1.165) is 24.1 Å². The Bertz CT molecular complexity index is 1450. The summed E-state index contributed by atoms with van der Waals surface area (Å²) in [6.45, 7) is 5.11. The molecule has 4 aromatic rings. The van der Waals surface area contributed by atoms with Crippen molar-refractivity contribution in [3.63, 3.8) is 0 Å². The monoisotopic (exact) mass is 499 g/mol. The number of halogens is 1. The van der Waals surface area contributed by atoms with Crippen LogP contribution in [0.1, 0.15) is 32.3 Å². The van der Waals surface area contributed by atoms with E-state index >= 15 is 0 Å². The van der Waals surface area contributed by atoms with Crippen molar-refractivity contribution >= 4 is 38.5 Å². The number of carbonyl (C=O) groups is 1. The van der Waals surface area contributed by atoms with Crippen LogP contribution in [0.15, 0.2) is 66.0 Å². The average molecular weight is 500 g/mol. The van der Waals surface area contributed by atoms with Crippen LogP contribution >= 0.6 is 11.6 Å². The van der Waals surface area contributed by atoms with Gasteiger partial charge in [-0.05, 0) is 60.2 Å². The molecule has 178 valence electrons. The van der Waals surface area contributed by atoms with Crippen LogP contribution < -0.4 is 0 Å². The Morgan fingerprint density at radius 2 is 1.91 bits per heavy atom. The highest BCUT2D eigenvalue weighted by Crippen LogP contribution is 2.30. The minimum atomic E-state index is -3.94. The lowest BCUT2D eigenvalue weighted by molar-refractivity contribution is -0.136. The van der Waals surface area contributed by atoms with Crippen LogP contribution in [0.5, 0.6) is 0 Å². The van der Waals surface area contributed by atoms with Crippen molar-refractivity contribution in [1.82, 2.24) is 13.8 Å². The van der Waals surface area contributed by atoms with Crippen LogP contribution in [0.25, 0.3) is 22.0 Å². The third kappa shape index (κ3) is 5.03. The Morgan fingerprint density at radius 3 is 2.65 bits per heavy atom. The summed E-state index contributed by atoms with van der Waals surface area (Å²) in [5, 5.41) is 14.6. The smallest absolute Gasteiger partial charge is 0.303 e. The molecule has 0 atom stereocenters. The Kier molecular flexibility index (Phi) is 6.81. The summed E-state index contributed by atoms with van der Waals surface area (Å²) in [4.78, 5) is 11.2. The molecule has 2 heterocycles. The molecule has 0 saturated carbocycles. The van der Waals surface area contributed by atoms with Crippen molar-refractivity contribution in [1.29, 1.82) is 0 Å². The largest absolute Gasteiger partial charge is 0.481 e. The Labute approximate surface area is 203 Å². The molecule has 1 N–H and O–H groups in total. The minimum Gasteiger partial charge on any atom is -0.481 e. The number of aryl methyl sites for hydroxylation is 2. The fourth-order valence-electron chi connectivity index (χ4n) is 3.85. The van der Waals surface area contributed by atoms with Crippen LogP contribution in [0.4, 0.5) is 0 Å². The zero-order valence-electron chi connectivity index (χ0n) is 19.0. The first kappa shape index (κ1) is 24.0. The van der Waals surface area contributed by atoms with Gasteiger partial charge in [0.25, 0.3) is 10.0 Å². The molecule has 34 heavy (non-hydrogen) atoms. The maximum absolute atomic E-state index is 13.6. The highest BCUT2D eigenvalue weighted by Gasteiger charge is 2.22. The lowest BCUT2D eigenvalue weighted by atomic mass is 10.1. The number of fused-ring (bicyclic) bond motifs is 1. The first-order chi connectivity index (χ1) is 16.1. The third-order valence-electron chi connectivity index (χ3n) is 5.72. The summed E-state index contributed by atoms with van der Waals surface area (Å²) in [7, 11) is -3.94. The van der Waals surface area contributed by atoms with Gasteiger partial charge in [0, 0.05) is 41.3 Å². The van der Waals surface area contributed by atoms with Crippen LogP contribution in [0.2, 0.25) is 5.02 Å². The van der Waals surface area contributed by atoms with Gasteiger partial charge in [-0.15, -0.1) is 0 Å². The summed E-state index contributed by atoms with van der Waals surface area (Å²) in [6.07, 6.45) is 6.25. The molecule has 7 nitrogen and oxygen atoms in total. The van der Waals surface area contributed by atoms with Crippen LogP contribution in [-0.2, 0) is 27.8 Å². The molecular weight excluding hydrogens is 474 g/mol. The van der Waals surface area contributed by atoms with Gasteiger partial charge in [0.1, 0.15) is 0 Å². The van der Waals surface area contributed by atoms with Crippen molar-refractivity contribution in [3.8, 4) is 11.1 Å². The molecule has 0 unspecified atom stereocenters. The summed E-state index contributed by atoms with van der Waals surface area (Å²) < 4.78 is 30.4. The van der Waals surface area contributed by atoms with Crippen LogP contribution in [0, 0.1) is 5.92 Å². The molecule has 0 spiro atoms. The second kappa shape index (κ2) is 9.64. The number of carboxylic acids is 1. The van der Waals surface area contributed by atoms with Crippen molar-refractivity contribution in [2.75, 3.05) is 0 Å².